The highest BCUT2D eigenvalue weighted by Crippen LogP contribution is 2.69. The Balaban J connectivity index is 1.61. The van der Waals surface area contributed by atoms with Gasteiger partial charge in [-0.2, -0.15) is 0 Å². The van der Waals surface area contributed by atoms with E-state index < -0.39 is 0 Å². The lowest BCUT2D eigenvalue weighted by molar-refractivity contribution is 0.101. The van der Waals surface area contributed by atoms with Crippen LogP contribution in [0.25, 0.3) is 0 Å². The molecular formula is C25H24OS2. The van der Waals surface area contributed by atoms with Crippen LogP contribution in [0.3, 0.4) is 0 Å². The van der Waals surface area contributed by atoms with Gasteiger partial charge in [-0.1, -0.05) is 59.7 Å². The Hall–Kier alpha value is -1.97. The van der Waals surface area contributed by atoms with E-state index in [1.165, 1.54) is 26.5 Å². The normalized spacial score (nSPS) is 17.3. The lowest BCUT2D eigenvalue weighted by Gasteiger charge is -2.18. The number of rotatable bonds is 6. The van der Waals surface area contributed by atoms with Gasteiger partial charge < -0.3 is 0 Å². The molecule has 1 atom stereocenters. The molecule has 4 rings (SSSR count). The highest BCUT2D eigenvalue weighted by Gasteiger charge is 2.56. The van der Waals surface area contributed by atoms with Crippen LogP contribution in [-0.4, -0.2) is 9.86 Å². The first-order valence-corrected chi connectivity index (χ1v) is 11.2. The summed E-state index contributed by atoms with van der Waals surface area (Å²) >= 11 is 3.95. The Morgan fingerprint density at radius 1 is 0.786 bits per heavy atom. The summed E-state index contributed by atoms with van der Waals surface area (Å²) in [6.45, 7) is 5.88. The van der Waals surface area contributed by atoms with E-state index in [4.69, 9.17) is 0 Å². The largest absolute Gasteiger partial charge is 0.295 e. The first-order chi connectivity index (χ1) is 13.4. The molecule has 0 saturated heterocycles. The minimum Gasteiger partial charge on any atom is -0.295 e. The van der Waals surface area contributed by atoms with Crippen LogP contribution in [0, 0.1) is 13.8 Å². The van der Waals surface area contributed by atoms with Gasteiger partial charge in [-0.3, -0.25) is 4.79 Å². The number of aryl methyl sites for hydroxylation is 2. The Kier molecular flexibility index (Phi) is 5.39. The number of benzene rings is 3. The number of carbonyl (C=O) groups excluding carboxylic acids is 1. The van der Waals surface area contributed by atoms with Crippen LogP contribution in [0.15, 0.2) is 82.6 Å². The third-order valence-corrected chi connectivity index (χ3v) is 8.31. The summed E-state index contributed by atoms with van der Waals surface area (Å²) in [6, 6.07) is 25.9. The molecule has 1 nitrogen and oxygen atoms in total. The number of thioether (sulfide) groups is 2. The molecule has 3 heteroatoms. The molecule has 0 heterocycles. The van der Waals surface area contributed by atoms with E-state index >= 15 is 0 Å². The van der Waals surface area contributed by atoms with Crippen molar-refractivity contribution in [3.05, 3.63) is 95.1 Å². The Bertz CT molecular complexity index is 925. The minimum atomic E-state index is 0.0995. The van der Waals surface area contributed by atoms with Crippen molar-refractivity contribution >= 4 is 29.3 Å². The Morgan fingerprint density at radius 3 is 1.68 bits per heavy atom. The van der Waals surface area contributed by atoms with Crippen molar-refractivity contribution in [3.8, 4) is 0 Å². The first-order valence-electron chi connectivity index (χ1n) is 9.57. The fourth-order valence-corrected chi connectivity index (χ4v) is 6.55. The first kappa shape index (κ1) is 19.4. The van der Waals surface area contributed by atoms with E-state index in [0.717, 1.165) is 12.0 Å². The lowest BCUT2D eigenvalue weighted by Crippen LogP contribution is -2.01. The van der Waals surface area contributed by atoms with Crippen molar-refractivity contribution in [3.63, 3.8) is 0 Å². The minimum absolute atomic E-state index is 0.0995. The fraction of sp³-hybridized carbons (Fsp3) is 0.240. The van der Waals surface area contributed by atoms with Crippen molar-refractivity contribution in [1.29, 1.82) is 0 Å². The maximum Gasteiger partial charge on any atom is 0.159 e. The quantitative estimate of drug-likeness (QED) is 0.317. The van der Waals surface area contributed by atoms with Crippen LogP contribution in [-0.2, 0) is 0 Å². The van der Waals surface area contributed by atoms with E-state index in [9.17, 15) is 4.79 Å². The number of hydrogen-bond acceptors (Lipinski definition) is 3. The predicted octanol–water partition coefficient (Wildman–Crippen LogP) is 7.27. The summed E-state index contributed by atoms with van der Waals surface area (Å²) in [6.07, 6.45) is 1.13. The molecule has 0 N–H and O–H groups in total. The Labute approximate surface area is 176 Å². The second kappa shape index (κ2) is 7.81. The number of hydrogen-bond donors (Lipinski definition) is 0. The zero-order valence-corrected chi connectivity index (χ0v) is 18.1. The summed E-state index contributed by atoms with van der Waals surface area (Å²) in [5, 5.41) is 0. The van der Waals surface area contributed by atoms with Gasteiger partial charge in [0.25, 0.3) is 0 Å². The lowest BCUT2D eigenvalue weighted by atomic mass is 10.1. The van der Waals surface area contributed by atoms with Crippen molar-refractivity contribution in [1.82, 2.24) is 0 Å². The molecule has 3 aromatic carbocycles. The van der Waals surface area contributed by atoms with Crippen LogP contribution in [0.5, 0.6) is 0 Å². The van der Waals surface area contributed by atoms with Crippen molar-refractivity contribution in [2.75, 3.05) is 0 Å². The summed E-state index contributed by atoms with van der Waals surface area (Å²) in [5.41, 5.74) is 4.69. The number of Topliss-reactive ketones (excluding diaryl/α,β-unsaturated/α-hetero) is 1. The van der Waals surface area contributed by atoms with Gasteiger partial charge in [0.15, 0.2) is 5.78 Å². The van der Waals surface area contributed by atoms with Gasteiger partial charge in [0.1, 0.15) is 0 Å². The summed E-state index contributed by atoms with van der Waals surface area (Å²) < 4.78 is 0.0995. The fourth-order valence-electron chi connectivity index (χ4n) is 3.41. The van der Waals surface area contributed by atoms with Crippen LogP contribution >= 0.6 is 23.5 Å². The molecule has 0 spiro atoms. The molecule has 0 aromatic heterocycles. The van der Waals surface area contributed by atoms with E-state index in [-0.39, 0.29) is 9.86 Å². The molecule has 0 unspecified atom stereocenters. The number of carbonyl (C=O) groups is 1. The monoisotopic (exact) mass is 404 g/mol. The van der Waals surface area contributed by atoms with Crippen LogP contribution in [0.1, 0.15) is 46.3 Å². The van der Waals surface area contributed by atoms with Gasteiger partial charge in [-0.25, -0.2) is 0 Å². The molecule has 1 saturated carbocycles. The van der Waals surface area contributed by atoms with Crippen molar-refractivity contribution < 1.29 is 4.79 Å². The second-order valence-electron chi connectivity index (χ2n) is 7.58. The molecule has 1 fully saturated rings. The van der Waals surface area contributed by atoms with Crippen LogP contribution in [0.2, 0.25) is 0 Å². The molecule has 0 radical (unpaired) electrons. The molecule has 142 valence electrons. The van der Waals surface area contributed by atoms with Crippen molar-refractivity contribution in [2.24, 2.45) is 0 Å². The van der Waals surface area contributed by atoms with Gasteiger partial charge in [0, 0.05) is 21.3 Å². The van der Waals surface area contributed by atoms with E-state index in [1.54, 1.807) is 6.92 Å². The standard InChI is InChI=1S/C25H24OS2/c1-17-4-12-22(13-5-17)27-25(28-23-14-6-18(2)7-15-23)16-24(25)21-10-8-20(9-11-21)19(3)26/h4-15,24H,16H2,1-3H3/t24-/m0/s1. The third-order valence-electron chi connectivity index (χ3n) is 5.20. The molecule has 3 aromatic rings. The van der Waals surface area contributed by atoms with Gasteiger partial charge >= 0.3 is 0 Å². The SMILES string of the molecule is CC(=O)c1ccc([C@@H]2CC2(Sc2ccc(C)cc2)Sc2ccc(C)cc2)cc1. The van der Waals surface area contributed by atoms with Gasteiger partial charge in [0.05, 0.1) is 4.08 Å². The average molecular weight is 405 g/mol. The highest BCUT2D eigenvalue weighted by molar-refractivity contribution is 8.18. The van der Waals surface area contributed by atoms with Crippen molar-refractivity contribution in [2.45, 2.75) is 47.0 Å². The van der Waals surface area contributed by atoms with Gasteiger partial charge in [-0.05, 0) is 57.0 Å². The molecule has 1 aliphatic rings. The highest BCUT2D eigenvalue weighted by atomic mass is 32.2. The third kappa shape index (κ3) is 4.21. The Morgan fingerprint density at radius 2 is 1.25 bits per heavy atom. The van der Waals surface area contributed by atoms with E-state index in [1.807, 2.05) is 35.7 Å². The summed E-state index contributed by atoms with van der Waals surface area (Å²) in [5.74, 6) is 0.600. The van der Waals surface area contributed by atoms with E-state index in [2.05, 4.69) is 74.5 Å². The molecule has 0 amide bonds. The van der Waals surface area contributed by atoms with Gasteiger partial charge in [0.2, 0.25) is 0 Å². The van der Waals surface area contributed by atoms with Crippen LogP contribution in [0.4, 0.5) is 0 Å². The average Bonchev–Trinajstić information content (AvgIpc) is 3.39. The summed E-state index contributed by atoms with van der Waals surface area (Å²) in [4.78, 5) is 14.2. The summed E-state index contributed by atoms with van der Waals surface area (Å²) in [7, 11) is 0. The number of ketones is 1. The van der Waals surface area contributed by atoms with Crippen LogP contribution < -0.4 is 0 Å². The predicted molar refractivity (Wildman–Crippen MR) is 121 cm³/mol. The molecule has 28 heavy (non-hydrogen) atoms. The zero-order chi connectivity index (χ0) is 19.7. The molecule has 1 aliphatic carbocycles. The topological polar surface area (TPSA) is 17.1 Å². The molecular weight excluding hydrogens is 380 g/mol. The smallest absolute Gasteiger partial charge is 0.159 e. The second-order valence-corrected chi connectivity index (χ2v) is 10.6. The maximum absolute atomic E-state index is 11.6. The molecule has 0 aliphatic heterocycles. The molecule has 0 bridgehead atoms. The zero-order valence-electron chi connectivity index (χ0n) is 16.4. The van der Waals surface area contributed by atoms with Gasteiger partial charge in [-0.15, -0.1) is 23.5 Å². The maximum atomic E-state index is 11.6. The van der Waals surface area contributed by atoms with E-state index in [0.29, 0.717) is 5.92 Å².